The quantitative estimate of drug-likeness (QED) is 0.141. The summed E-state index contributed by atoms with van der Waals surface area (Å²) in [4.78, 5) is 53.3. The third-order valence-electron chi connectivity index (χ3n) is 4.52. The first-order valence-electron chi connectivity index (χ1n) is 9.51. The van der Waals surface area contributed by atoms with Crippen LogP contribution in [0.4, 0.5) is 9.93 Å². The highest BCUT2D eigenvalue weighted by Gasteiger charge is 2.54. The van der Waals surface area contributed by atoms with E-state index in [4.69, 9.17) is 10.5 Å². The summed E-state index contributed by atoms with van der Waals surface area (Å²) in [7, 11) is 0. The van der Waals surface area contributed by atoms with Crippen LogP contribution in [-0.4, -0.2) is 80.1 Å². The van der Waals surface area contributed by atoms with Gasteiger partial charge in [0.2, 0.25) is 0 Å². The molecule has 3 heterocycles. The normalized spacial score (nSPS) is 20.3. The molecule has 1 saturated heterocycles. The Hall–Kier alpha value is -3.59. The van der Waals surface area contributed by atoms with Gasteiger partial charge in [0.1, 0.15) is 29.4 Å². The van der Waals surface area contributed by atoms with Crippen LogP contribution in [0.3, 0.4) is 0 Å². The molecule has 0 aliphatic carbocycles. The largest absolute Gasteiger partial charge is 0.477 e. The number of nitrogens with two attached hydrogens (primary N) is 1. The second-order valence-corrected chi connectivity index (χ2v) is 8.59. The third kappa shape index (κ3) is 5.09. The monoisotopic (exact) mass is 496 g/mol. The highest BCUT2D eigenvalue weighted by Crippen LogP contribution is 2.40. The van der Waals surface area contributed by atoms with Gasteiger partial charge in [0.25, 0.3) is 11.8 Å². The number of ether oxygens (including phenoxy) is 1. The van der Waals surface area contributed by atoms with Gasteiger partial charge < -0.3 is 31.4 Å². The number of aliphatic carboxylic acids is 1. The molecule has 0 saturated carbocycles. The van der Waals surface area contributed by atoms with Gasteiger partial charge in [-0.3, -0.25) is 14.5 Å². The van der Waals surface area contributed by atoms with E-state index in [-0.39, 0.29) is 28.9 Å². The van der Waals surface area contributed by atoms with Crippen LogP contribution in [0, 0.1) is 0 Å². The summed E-state index contributed by atoms with van der Waals surface area (Å²) in [6, 6.07) is -1.02. The molecule has 13 nitrogen and oxygen atoms in total. The molecule has 176 valence electrons. The summed E-state index contributed by atoms with van der Waals surface area (Å²) in [5, 5.41) is 27.7. The van der Waals surface area contributed by atoms with Crippen molar-refractivity contribution < 1.29 is 34.2 Å². The van der Waals surface area contributed by atoms with Crippen LogP contribution in [0.15, 0.2) is 34.0 Å². The summed E-state index contributed by atoms with van der Waals surface area (Å²) in [5.41, 5.74) is 5.30. The lowest BCUT2D eigenvalue weighted by atomic mass is 10.0. The maximum Gasteiger partial charge on any atom is 0.407 e. The molecule has 0 unspecified atom stereocenters. The fourth-order valence-electron chi connectivity index (χ4n) is 3.10. The number of rotatable bonds is 8. The number of β-lactam (4-membered cyclic amide) rings is 1. The Balaban J connectivity index is 1.69. The van der Waals surface area contributed by atoms with E-state index < -0.39 is 41.0 Å². The number of fused-ring (bicyclic) bond motifs is 1. The molecule has 0 radical (unpaired) electrons. The number of carboxylic acids is 1. The van der Waals surface area contributed by atoms with Gasteiger partial charge >= 0.3 is 12.1 Å². The lowest BCUT2D eigenvalue weighted by Crippen LogP contribution is -2.71. The van der Waals surface area contributed by atoms with Gasteiger partial charge in [-0.15, -0.1) is 23.1 Å². The number of carbonyl (C=O) groups excluding carboxylic acids is 3. The number of hydrogen-bond donors (Lipinski definition) is 5. The van der Waals surface area contributed by atoms with Crippen molar-refractivity contribution in [1.82, 2.24) is 20.5 Å². The SMILES string of the molecule is CCNC(=O)OC/C=C\C1=C(C(=O)O)N2C(=O)[C@@H](NC(=O)/C(=N/O)c3csc(N)n3)[C@H]2SC1. The maximum absolute atomic E-state index is 12.7. The van der Waals surface area contributed by atoms with E-state index in [0.29, 0.717) is 12.1 Å². The third-order valence-corrected chi connectivity index (χ3v) is 6.49. The predicted molar refractivity (Wildman–Crippen MR) is 119 cm³/mol. The zero-order valence-electron chi connectivity index (χ0n) is 17.2. The summed E-state index contributed by atoms with van der Waals surface area (Å²) in [6.07, 6.45) is 2.35. The number of alkyl carbamates (subject to hydrolysis) is 1. The number of aromatic nitrogens is 1. The Bertz CT molecular complexity index is 1070. The van der Waals surface area contributed by atoms with Gasteiger partial charge in [-0.25, -0.2) is 14.6 Å². The number of nitrogen functional groups attached to an aromatic ring is 1. The molecule has 0 aromatic carbocycles. The zero-order valence-corrected chi connectivity index (χ0v) is 18.8. The number of thioether (sulfide) groups is 1. The van der Waals surface area contributed by atoms with Gasteiger partial charge in [0.15, 0.2) is 10.8 Å². The Morgan fingerprint density at radius 1 is 1.45 bits per heavy atom. The molecule has 0 spiro atoms. The minimum atomic E-state index is -1.31. The van der Waals surface area contributed by atoms with Gasteiger partial charge in [-0.05, 0) is 18.6 Å². The Morgan fingerprint density at radius 3 is 2.82 bits per heavy atom. The van der Waals surface area contributed by atoms with Crippen molar-refractivity contribution in [3.05, 3.63) is 34.5 Å². The average Bonchev–Trinajstić information content (AvgIpc) is 3.20. The van der Waals surface area contributed by atoms with Crippen LogP contribution in [0.2, 0.25) is 0 Å². The second-order valence-electron chi connectivity index (χ2n) is 6.59. The number of thiazole rings is 1. The van der Waals surface area contributed by atoms with Crippen LogP contribution >= 0.6 is 23.1 Å². The fraction of sp³-hybridized carbons (Fsp3) is 0.333. The lowest BCUT2D eigenvalue weighted by Gasteiger charge is -2.49. The van der Waals surface area contributed by atoms with Crippen LogP contribution < -0.4 is 16.4 Å². The first kappa shape index (κ1) is 24.1. The van der Waals surface area contributed by atoms with E-state index in [0.717, 1.165) is 16.2 Å². The Labute approximate surface area is 195 Å². The molecule has 1 aromatic heterocycles. The lowest BCUT2D eigenvalue weighted by molar-refractivity contribution is -0.150. The molecule has 2 aliphatic rings. The Kier molecular flexibility index (Phi) is 7.55. The number of oxime groups is 1. The minimum Gasteiger partial charge on any atom is -0.477 e. The van der Waals surface area contributed by atoms with Crippen molar-refractivity contribution in [1.29, 1.82) is 0 Å². The number of amides is 3. The Morgan fingerprint density at radius 2 is 2.21 bits per heavy atom. The van der Waals surface area contributed by atoms with E-state index in [2.05, 4.69) is 20.8 Å². The molecule has 15 heteroatoms. The van der Waals surface area contributed by atoms with E-state index in [1.165, 1.54) is 29.3 Å². The van der Waals surface area contributed by atoms with E-state index in [1.54, 1.807) is 6.92 Å². The van der Waals surface area contributed by atoms with Gasteiger partial charge in [0.05, 0.1) is 0 Å². The number of carboxylic acid groups (broad SMARTS) is 1. The second kappa shape index (κ2) is 10.4. The molecule has 0 bridgehead atoms. The first-order valence-corrected chi connectivity index (χ1v) is 11.4. The van der Waals surface area contributed by atoms with Crippen LogP contribution in [0.5, 0.6) is 0 Å². The topological polar surface area (TPSA) is 197 Å². The summed E-state index contributed by atoms with van der Waals surface area (Å²) < 4.78 is 4.90. The molecule has 33 heavy (non-hydrogen) atoms. The van der Waals surface area contributed by atoms with Crippen LogP contribution in [-0.2, 0) is 19.1 Å². The van der Waals surface area contributed by atoms with Crippen molar-refractivity contribution in [2.75, 3.05) is 24.6 Å². The maximum atomic E-state index is 12.7. The molecule has 2 aliphatic heterocycles. The van der Waals surface area contributed by atoms with Crippen LogP contribution in [0.1, 0.15) is 12.6 Å². The number of carbonyl (C=O) groups is 4. The van der Waals surface area contributed by atoms with Gasteiger partial charge in [-0.1, -0.05) is 11.2 Å². The number of hydrogen-bond acceptors (Lipinski definition) is 11. The van der Waals surface area contributed by atoms with Gasteiger partial charge in [-0.2, -0.15) is 0 Å². The molecule has 3 rings (SSSR count). The zero-order chi connectivity index (χ0) is 24.1. The minimum absolute atomic E-state index is 0.0470. The van der Waals surface area contributed by atoms with Crippen molar-refractivity contribution in [2.45, 2.75) is 18.3 Å². The number of nitrogens with one attached hydrogen (secondary N) is 2. The van der Waals surface area contributed by atoms with E-state index in [1.807, 2.05) is 0 Å². The highest BCUT2D eigenvalue weighted by atomic mass is 32.2. The molecule has 1 fully saturated rings. The van der Waals surface area contributed by atoms with Crippen molar-refractivity contribution in [3.63, 3.8) is 0 Å². The molecule has 3 amide bonds. The summed E-state index contributed by atoms with van der Waals surface area (Å²) in [6.45, 7) is 2.07. The first-order chi connectivity index (χ1) is 15.8. The van der Waals surface area contributed by atoms with Crippen molar-refractivity contribution in [3.8, 4) is 0 Å². The number of anilines is 1. The van der Waals surface area contributed by atoms with E-state index in [9.17, 15) is 29.5 Å². The summed E-state index contributed by atoms with van der Waals surface area (Å²) in [5.74, 6) is -2.55. The molecule has 6 N–H and O–H groups in total. The van der Waals surface area contributed by atoms with E-state index >= 15 is 0 Å². The van der Waals surface area contributed by atoms with Gasteiger partial charge in [0, 0.05) is 17.7 Å². The molecule has 1 aromatic rings. The highest BCUT2D eigenvalue weighted by molar-refractivity contribution is 8.00. The van der Waals surface area contributed by atoms with Crippen molar-refractivity contribution in [2.24, 2.45) is 5.16 Å². The summed E-state index contributed by atoms with van der Waals surface area (Å²) >= 11 is 2.29. The standard InChI is InChI=1S/C18H20N6O7S2/c1-2-20-18(29)31-5-3-4-8-6-32-15-11(14(26)24(15)12(8)16(27)28)22-13(25)10(23-30)9-7-33-17(19)21-9/h3-4,7,11,15,30H,2,5-6H2,1H3,(H2,19,21)(H,20,29)(H,22,25)(H,27,28)/b4-3-,23-10+/t11-,15-/m1/s1. The molecule has 2 atom stereocenters. The molecular formula is C18H20N6O7S2. The fourth-order valence-corrected chi connectivity index (χ4v) is 4.97. The number of allylic oxidation sites excluding steroid dienone is 1. The molecular weight excluding hydrogens is 476 g/mol. The van der Waals surface area contributed by atoms with Crippen LogP contribution in [0.25, 0.3) is 0 Å². The van der Waals surface area contributed by atoms with Crippen molar-refractivity contribution >= 4 is 57.8 Å². The number of nitrogens with zero attached hydrogens (tertiary/aromatic N) is 3. The average molecular weight is 497 g/mol. The predicted octanol–water partition coefficient (Wildman–Crippen LogP) is -0.0555. The smallest absolute Gasteiger partial charge is 0.407 e.